The van der Waals surface area contributed by atoms with Gasteiger partial charge in [0, 0.05) is 22.3 Å². The summed E-state index contributed by atoms with van der Waals surface area (Å²) in [5, 5.41) is 7.74. The number of aromatic nitrogens is 2. The number of allylic oxidation sites excluding steroid dienone is 10. The Morgan fingerprint density at radius 3 is 0.983 bits per heavy atom. The summed E-state index contributed by atoms with van der Waals surface area (Å²) in [6.45, 7) is 21.5. The predicted octanol–water partition coefficient (Wildman–Crippen LogP) is 14.7. The Morgan fingerprint density at radius 1 is 0.383 bits per heavy atom. The first-order chi connectivity index (χ1) is 28.9. The van der Waals surface area contributed by atoms with Gasteiger partial charge in [0.1, 0.15) is 0 Å². The van der Waals surface area contributed by atoms with Crippen molar-refractivity contribution in [1.29, 1.82) is 0 Å². The molecule has 302 valence electrons. The van der Waals surface area contributed by atoms with Crippen molar-refractivity contribution in [2.75, 3.05) is 0 Å². The topological polar surface area (TPSA) is 49.8 Å². The van der Waals surface area contributed by atoms with Crippen LogP contribution in [0.2, 0.25) is 0 Å². The summed E-state index contributed by atoms with van der Waals surface area (Å²) in [6, 6.07) is 45.9. The van der Waals surface area contributed by atoms with Crippen molar-refractivity contribution < 1.29 is 0 Å². The number of benzene rings is 5. The molecule has 1 aliphatic rings. The fourth-order valence-corrected chi connectivity index (χ4v) is 6.92. The quantitative estimate of drug-likeness (QED) is 0.151. The largest absolute Gasteiger partial charge is 0.351 e. The summed E-state index contributed by atoms with van der Waals surface area (Å²) in [4.78, 5) is 10.0. The van der Waals surface area contributed by atoms with E-state index in [0.717, 1.165) is 78.6 Å². The molecule has 4 heteroatoms. The summed E-state index contributed by atoms with van der Waals surface area (Å²) in [5.41, 5.74) is 22.4. The van der Waals surface area contributed by atoms with Crippen LogP contribution in [0.25, 0.3) is 44.9 Å². The molecule has 0 fully saturated rings. The highest BCUT2D eigenvalue weighted by atomic mass is 15.1. The molecule has 0 radical (unpaired) electrons. The first kappa shape index (κ1) is 42.8. The number of nitrogens with zero attached hydrogens (tertiary/aromatic N) is 2. The molecule has 1 aliphatic heterocycles. The van der Waals surface area contributed by atoms with Crippen LogP contribution < -0.4 is 10.6 Å². The minimum atomic E-state index is 0.933. The predicted molar refractivity (Wildman–Crippen MR) is 258 cm³/mol. The molecule has 0 amide bonds. The molecule has 1 aromatic heterocycles. The molecule has 0 bridgehead atoms. The molecular formula is C56H58N4. The number of hydrogen-bond acceptors (Lipinski definition) is 4. The molecule has 4 nitrogen and oxygen atoms in total. The highest BCUT2D eigenvalue weighted by Gasteiger charge is 2.25. The van der Waals surface area contributed by atoms with E-state index in [1.54, 1.807) is 0 Å². The smallest absolute Gasteiger partial charge is 0.0973 e. The molecule has 7 rings (SSSR count). The summed E-state index contributed by atoms with van der Waals surface area (Å²) < 4.78 is 0. The lowest BCUT2D eigenvalue weighted by molar-refractivity contribution is 0.912. The van der Waals surface area contributed by atoms with Gasteiger partial charge in [-0.05, 0) is 103 Å². The number of hydrogen-bond donors (Lipinski definition) is 2. The first-order valence-corrected chi connectivity index (χ1v) is 20.8. The second-order valence-corrected chi connectivity index (χ2v) is 16.0. The zero-order valence-electron chi connectivity index (χ0n) is 36.9. The van der Waals surface area contributed by atoms with Gasteiger partial charge in [0.25, 0.3) is 0 Å². The van der Waals surface area contributed by atoms with Gasteiger partial charge < -0.3 is 10.6 Å². The lowest BCUT2D eigenvalue weighted by Crippen LogP contribution is -2.32. The Kier molecular flexibility index (Phi) is 14.1. The van der Waals surface area contributed by atoms with Gasteiger partial charge in [0.15, 0.2) is 0 Å². The van der Waals surface area contributed by atoms with E-state index < -0.39 is 0 Å². The third kappa shape index (κ3) is 10.3. The van der Waals surface area contributed by atoms with Crippen LogP contribution in [0.3, 0.4) is 0 Å². The van der Waals surface area contributed by atoms with Crippen LogP contribution in [-0.2, 0) is 0 Å². The third-order valence-corrected chi connectivity index (χ3v) is 10.7. The van der Waals surface area contributed by atoms with E-state index in [2.05, 4.69) is 201 Å². The summed E-state index contributed by atoms with van der Waals surface area (Å²) in [7, 11) is 0. The van der Waals surface area contributed by atoms with E-state index in [1.807, 2.05) is 36.4 Å². The van der Waals surface area contributed by atoms with Crippen molar-refractivity contribution in [2.24, 2.45) is 0 Å². The molecule has 0 aliphatic carbocycles. The van der Waals surface area contributed by atoms with Crippen LogP contribution in [0, 0.1) is 13.8 Å². The van der Waals surface area contributed by atoms with Crippen LogP contribution in [0.1, 0.15) is 77.6 Å². The van der Waals surface area contributed by atoms with Gasteiger partial charge in [-0.3, -0.25) is 0 Å². The zero-order chi connectivity index (χ0) is 42.8. The maximum Gasteiger partial charge on any atom is 0.0973 e. The summed E-state index contributed by atoms with van der Waals surface area (Å²) in [6.07, 6.45) is 8.76. The van der Waals surface area contributed by atoms with E-state index in [1.165, 1.54) is 33.4 Å². The Morgan fingerprint density at radius 2 is 0.683 bits per heavy atom. The highest BCUT2D eigenvalue weighted by molar-refractivity contribution is 5.93. The zero-order valence-corrected chi connectivity index (χ0v) is 36.9. The molecule has 5 aromatic carbocycles. The van der Waals surface area contributed by atoms with Crippen LogP contribution >= 0.6 is 0 Å². The van der Waals surface area contributed by atoms with Gasteiger partial charge in [-0.15, -0.1) is 0 Å². The standard InChI is InChI=1S/C34H40N2.C22H18N2/c1-23(2)19-21-25(5)27(7)31-32(28(8)26(6)22-20-24(3)4)36-34(30-17-13-10-14-18-30)33(35-31)29-15-11-9-12-16-29;1-15-13-14-16(2)20-19(15)23-21(17-9-5-3-6-10-17)22(24-20)18-11-7-4-8-12-18/h9-22,35-36H,1-8H3;3-14H,1-2H3/b25-21+,26-22+,31-27?,32-28?;. The molecule has 0 spiro atoms. The highest BCUT2D eigenvalue weighted by Crippen LogP contribution is 2.36. The van der Waals surface area contributed by atoms with E-state index in [-0.39, 0.29) is 0 Å². The maximum absolute atomic E-state index is 5.02. The van der Waals surface area contributed by atoms with Gasteiger partial charge >= 0.3 is 0 Å². The second-order valence-electron chi connectivity index (χ2n) is 16.0. The van der Waals surface area contributed by atoms with E-state index in [9.17, 15) is 0 Å². The van der Waals surface area contributed by atoms with E-state index in [4.69, 9.17) is 9.97 Å². The molecule has 6 aromatic rings. The Labute approximate surface area is 358 Å². The summed E-state index contributed by atoms with van der Waals surface area (Å²) in [5.74, 6) is 0. The molecule has 0 unspecified atom stereocenters. The van der Waals surface area contributed by atoms with Crippen molar-refractivity contribution >= 4 is 22.4 Å². The first-order valence-electron chi connectivity index (χ1n) is 20.8. The van der Waals surface area contributed by atoms with E-state index in [0.29, 0.717) is 0 Å². The molecule has 0 saturated carbocycles. The van der Waals surface area contributed by atoms with Crippen molar-refractivity contribution in [1.82, 2.24) is 20.6 Å². The average Bonchev–Trinajstić information content (AvgIpc) is 3.28. The molecule has 60 heavy (non-hydrogen) atoms. The average molecular weight is 787 g/mol. The second kappa shape index (κ2) is 19.8. The maximum atomic E-state index is 5.02. The molecule has 2 N–H and O–H groups in total. The fourth-order valence-electron chi connectivity index (χ4n) is 6.92. The molecular weight excluding hydrogens is 729 g/mol. The summed E-state index contributed by atoms with van der Waals surface area (Å²) >= 11 is 0. The van der Waals surface area contributed by atoms with Crippen LogP contribution in [0.5, 0.6) is 0 Å². The van der Waals surface area contributed by atoms with Gasteiger partial charge in [0.05, 0.1) is 45.2 Å². The molecule has 0 saturated heterocycles. The van der Waals surface area contributed by atoms with Crippen LogP contribution in [-0.4, -0.2) is 9.97 Å². The van der Waals surface area contributed by atoms with Crippen LogP contribution in [0.15, 0.2) is 203 Å². The SMILES string of the molecule is CC(C)=C/C=C(\C)C(C)=C1NC(c2ccccc2)=C(c2ccccc2)NC1=C(C)/C(C)=C/C=C(C)C.Cc1ccc(C)c2nc(-c3ccccc3)c(-c3ccccc3)nc12. The number of fused-ring (bicyclic) bond motifs is 1. The monoisotopic (exact) mass is 786 g/mol. The van der Waals surface area contributed by atoms with Gasteiger partial charge in [0.2, 0.25) is 0 Å². The lowest BCUT2D eigenvalue weighted by Gasteiger charge is -2.32. The number of aryl methyl sites for hydroxylation is 2. The molecule has 2 heterocycles. The van der Waals surface area contributed by atoms with Gasteiger partial charge in [-0.25, -0.2) is 9.97 Å². The minimum absolute atomic E-state index is 0.933. The van der Waals surface area contributed by atoms with Crippen molar-refractivity contribution in [3.8, 4) is 22.5 Å². The minimum Gasteiger partial charge on any atom is -0.351 e. The van der Waals surface area contributed by atoms with Crippen molar-refractivity contribution in [3.63, 3.8) is 0 Å². The fraction of sp³-hybridized carbons (Fsp3) is 0.179. The normalized spacial score (nSPS) is 14.6. The molecule has 0 atom stereocenters. The number of rotatable bonds is 8. The lowest BCUT2D eigenvalue weighted by atomic mass is 9.94. The Hall–Kier alpha value is -6.78. The van der Waals surface area contributed by atoms with Crippen LogP contribution in [0.4, 0.5) is 0 Å². The third-order valence-electron chi connectivity index (χ3n) is 10.7. The van der Waals surface area contributed by atoms with Gasteiger partial charge in [-0.2, -0.15) is 0 Å². The van der Waals surface area contributed by atoms with E-state index >= 15 is 0 Å². The van der Waals surface area contributed by atoms with Crippen molar-refractivity contribution in [2.45, 2.75) is 69.2 Å². The van der Waals surface area contributed by atoms with Crippen molar-refractivity contribution in [3.05, 3.63) is 225 Å². The Balaban J connectivity index is 0.000000217. The number of nitrogens with one attached hydrogen (secondary N) is 2. The Bertz CT molecular complexity index is 2490. The van der Waals surface area contributed by atoms with Gasteiger partial charge in [-0.1, -0.05) is 169 Å².